The maximum Gasteiger partial charge on any atom is 0.255 e. The molecule has 0 aliphatic rings. The normalized spacial score (nSPS) is 11.3. The second-order valence-corrected chi connectivity index (χ2v) is 5.06. The summed E-state index contributed by atoms with van der Waals surface area (Å²) in [6, 6.07) is 4.29. The van der Waals surface area contributed by atoms with E-state index in [1.807, 2.05) is 13.8 Å². The average Bonchev–Trinajstić information content (AvgIpc) is 2.30. The van der Waals surface area contributed by atoms with Crippen molar-refractivity contribution in [1.29, 1.82) is 0 Å². The van der Waals surface area contributed by atoms with Crippen molar-refractivity contribution in [3.8, 4) is 11.5 Å². The van der Waals surface area contributed by atoms with E-state index in [0.717, 1.165) is 6.42 Å². The molecular weight excluding hydrogens is 232 g/mol. The van der Waals surface area contributed by atoms with Gasteiger partial charge in [0.2, 0.25) is 0 Å². The predicted octanol–water partition coefficient (Wildman–Crippen LogP) is 1.20. The van der Waals surface area contributed by atoms with Crippen molar-refractivity contribution >= 4 is 5.91 Å². The standard InChI is InChI=1S/C13H20N2O3/c1-13(2,6-7-14)8-15-12(18)9-4-3-5-10(16)11(9)17/h3-5,16-17H,6-8,14H2,1-2H3,(H,15,18). The quantitative estimate of drug-likeness (QED) is 0.592. The summed E-state index contributed by atoms with van der Waals surface area (Å²) >= 11 is 0. The molecule has 0 aliphatic heterocycles. The largest absolute Gasteiger partial charge is 0.504 e. The number of amides is 1. The van der Waals surface area contributed by atoms with Crippen molar-refractivity contribution in [3.63, 3.8) is 0 Å². The van der Waals surface area contributed by atoms with Crippen molar-refractivity contribution in [2.75, 3.05) is 13.1 Å². The van der Waals surface area contributed by atoms with E-state index in [0.29, 0.717) is 13.1 Å². The molecule has 0 spiro atoms. The molecule has 18 heavy (non-hydrogen) atoms. The summed E-state index contributed by atoms with van der Waals surface area (Å²) in [5.74, 6) is -1.11. The predicted molar refractivity (Wildman–Crippen MR) is 69.6 cm³/mol. The van der Waals surface area contributed by atoms with Crippen LogP contribution in [0, 0.1) is 5.41 Å². The zero-order valence-corrected chi connectivity index (χ0v) is 10.7. The van der Waals surface area contributed by atoms with Crippen molar-refractivity contribution in [1.82, 2.24) is 5.32 Å². The van der Waals surface area contributed by atoms with E-state index in [1.54, 1.807) is 0 Å². The van der Waals surface area contributed by atoms with Crippen LogP contribution in [-0.4, -0.2) is 29.2 Å². The van der Waals surface area contributed by atoms with Gasteiger partial charge in [-0.15, -0.1) is 0 Å². The van der Waals surface area contributed by atoms with Gasteiger partial charge in [0, 0.05) is 6.54 Å². The summed E-state index contributed by atoms with van der Waals surface area (Å²) in [6.45, 7) is 5.02. The maximum absolute atomic E-state index is 11.9. The van der Waals surface area contributed by atoms with E-state index in [1.165, 1.54) is 18.2 Å². The Kier molecular flexibility index (Phi) is 4.55. The molecule has 0 bridgehead atoms. The van der Waals surface area contributed by atoms with Gasteiger partial charge < -0.3 is 21.3 Å². The molecule has 5 N–H and O–H groups in total. The molecule has 1 aromatic carbocycles. The smallest absolute Gasteiger partial charge is 0.255 e. The van der Waals surface area contributed by atoms with Crippen molar-refractivity contribution in [2.45, 2.75) is 20.3 Å². The molecule has 0 unspecified atom stereocenters. The molecule has 0 aromatic heterocycles. The van der Waals surface area contributed by atoms with E-state index < -0.39 is 11.7 Å². The zero-order chi connectivity index (χ0) is 13.8. The minimum absolute atomic E-state index is 0.0681. The number of carbonyl (C=O) groups excluding carboxylic acids is 1. The van der Waals surface area contributed by atoms with Gasteiger partial charge in [0.1, 0.15) is 0 Å². The Balaban J connectivity index is 2.69. The fourth-order valence-electron chi connectivity index (χ4n) is 1.61. The van der Waals surface area contributed by atoms with E-state index in [2.05, 4.69) is 5.32 Å². The van der Waals surface area contributed by atoms with Crippen LogP contribution >= 0.6 is 0 Å². The first-order chi connectivity index (χ1) is 8.37. The molecule has 0 heterocycles. The Hall–Kier alpha value is -1.75. The van der Waals surface area contributed by atoms with Gasteiger partial charge in [-0.05, 0) is 30.5 Å². The molecule has 0 atom stereocenters. The molecule has 100 valence electrons. The molecule has 1 rings (SSSR count). The molecule has 5 nitrogen and oxygen atoms in total. The summed E-state index contributed by atoms with van der Waals surface area (Å²) in [7, 11) is 0. The Bertz CT molecular complexity index is 430. The summed E-state index contributed by atoms with van der Waals surface area (Å²) in [5, 5.41) is 21.6. The summed E-state index contributed by atoms with van der Waals surface area (Å²) in [5.41, 5.74) is 5.46. The lowest BCUT2D eigenvalue weighted by atomic mass is 9.89. The molecule has 0 aliphatic carbocycles. The van der Waals surface area contributed by atoms with Crippen LogP contribution < -0.4 is 11.1 Å². The van der Waals surface area contributed by atoms with Gasteiger partial charge in [-0.1, -0.05) is 19.9 Å². The summed E-state index contributed by atoms with van der Waals surface area (Å²) < 4.78 is 0. The molecule has 1 aromatic rings. The minimum atomic E-state index is -0.409. The molecule has 1 amide bonds. The second kappa shape index (κ2) is 5.73. The van der Waals surface area contributed by atoms with Crippen LogP contribution in [0.3, 0.4) is 0 Å². The first-order valence-corrected chi connectivity index (χ1v) is 5.86. The molecule has 0 fully saturated rings. The Morgan fingerprint density at radius 1 is 1.39 bits per heavy atom. The fourth-order valence-corrected chi connectivity index (χ4v) is 1.61. The number of nitrogens with one attached hydrogen (secondary N) is 1. The van der Waals surface area contributed by atoms with Gasteiger partial charge in [0.15, 0.2) is 11.5 Å². The molecule has 5 heteroatoms. The Morgan fingerprint density at radius 2 is 2.06 bits per heavy atom. The zero-order valence-electron chi connectivity index (χ0n) is 10.7. The van der Waals surface area contributed by atoms with Crippen molar-refractivity contribution in [3.05, 3.63) is 23.8 Å². The number of phenolic OH excluding ortho intramolecular Hbond substituents is 2. The Labute approximate surface area is 107 Å². The molecule has 0 radical (unpaired) electrons. The third-order valence-electron chi connectivity index (χ3n) is 2.81. The highest BCUT2D eigenvalue weighted by molar-refractivity contribution is 5.97. The number of carbonyl (C=O) groups is 1. The highest BCUT2D eigenvalue weighted by Crippen LogP contribution is 2.28. The third-order valence-corrected chi connectivity index (χ3v) is 2.81. The number of para-hydroxylation sites is 1. The minimum Gasteiger partial charge on any atom is -0.504 e. The number of phenols is 2. The summed E-state index contributed by atoms with van der Waals surface area (Å²) in [6.07, 6.45) is 0.791. The topological polar surface area (TPSA) is 95.6 Å². The van der Waals surface area contributed by atoms with Crippen molar-refractivity contribution in [2.24, 2.45) is 11.1 Å². The summed E-state index contributed by atoms with van der Waals surface area (Å²) in [4.78, 5) is 11.9. The van der Waals surface area contributed by atoms with Crippen LogP contribution in [0.25, 0.3) is 0 Å². The SMILES string of the molecule is CC(C)(CCN)CNC(=O)c1cccc(O)c1O. The van der Waals surface area contributed by atoms with Crippen LogP contribution in [0.15, 0.2) is 18.2 Å². The van der Waals surface area contributed by atoms with E-state index in [-0.39, 0.29) is 16.7 Å². The first-order valence-electron chi connectivity index (χ1n) is 5.86. The van der Waals surface area contributed by atoms with Crippen LogP contribution in [-0.2, 0) is 0 Å². The lowest BCUT2D eigenvalue weighted by Crippen LogP contribution is -2.35. The number of rotatable bonds is 5. The highest BCUT2D eigenvalue weighted by atomic mass is 16.3. The number of benzene rings is 1. The van der Waals surface area contributed by atoms with E-state index in [4.69, 9.17) is 5.73 Å². The van der Waals surface area contributed by atoms with E-state index >= 15 is 0 Å². The van der Waals surface area contributed by atoms with Gasteiger partial charge in [-0.3, -0.25) is 4.79 Å². The molecule has 0 saturated heterocycles. The van der Waals surface area contributed by atoms with Crippen molar-refractivity contribution < 1.29 is 15.0 Å². The van der Waals surface area contributed by atoms with Crippen LogP contribution in [0.1, 0.15) is 30.6 Å². The monoisotopic (exact) mass is 252 g/mol. The van der Waals surface area contributed by atoms with Gasteiger partial charge in [-0.2, -0.15) is 0 Å². The Morgan fingerprint density at radius 3 is 2.67 bits per heavy atom. The van der Waals surface area contributed by atoms with Crippen LogP contribution in [0.4, 0.5) is 0 Å². The van der Waals surface area contributed by atoms with Crippen LogP contribution in [0.2, 0.25) is 0 Å². The lowest BCUT2D eigenvalue weighted by molar-refractivity contribution is 0.0931. The average molecular weight is 252 g/mol. The molecule has 0 saturated carbocycles. The number of nitrogens with two attached hydrogens (primary N) is 1. The maximum atomic E-state index is 11.9. The number of hydrogen-bond acceptors (Lipinski definition) is 4. The van der Waals surface area contributed by atoms with E-state index in [9.17, 15) is 15.0 Å². The van der Waals surface area contributed by atoms with Gasteiger partial charge in [-0.25, -0.2) is 0 Å². The fraction of sp³-hybridized carbons (Fsp3) is 0.462. The lowest BCUT2D eigenvalue weighted by Gasteiger charge is -2.24. The second-order valence-electron chi connectivity index (χ2n) is 5.06. The third kappa shape index (κ3) is 3.63. The molecular formula is C13H20N2O3. The number of aromatic hydroxyl groups is 2. The van der Waals surface area contributed by atoms with Crippen LogP contribution in [0.5, 0.6) is 11.5 Å². The van der Waals surface area contributed by atoms with Gasteiger partial charge in [0.05, 0.1) is 5.56 Å². The first kappa shape index (κ1) is 14.3. The van der Waals surface area contributed by atoms with Gasteiger partial charge >= 0.3 is 0 Å². The van der Waals surface area contributed by atoms with Gasteiger partial charge in [0.25, 0.3) is 5.91 Å². The number of hydrogen-bond donors (Lipinski definition) is 4. The highest BCUT2D eigenvalue weighted by Gasteiger charge is 2.20.